The Balaban J connectivity index is 1.36. The normalized spacial score (nSPS) is 24.7. The van der Waals surface area contributed by atoms with E-state index in [0.717, 1.165) is 48.1 Å². The molecule has 2 aromatic rings. The van der Waals surface area contributed by atoms with Crippen LogP contribution in [-0.2, 0) is 20.9 Å². The predicted molar refractivity (Wildman–Crippen MR) is 117 cm³/mol. The summed E-state index contributed by atoms with van der Waals surface area (Å²) < 4.78 is 13.5. The molecule has 5 nitrogen and oxygen atoms in total. The fourth-order valence-corrected chi connectivity index (χ4v) is 4.49. The molecule has 154 valence electrons. The molecule has 2 aromatic carbocycles. The quantitative estimate of drug-likeness (QED) is 0.703. The Morgan fingerprint density at radius 3 is 2.69 bits per heavy atom. The number of ether oxygens (including phenoxy) is 2. The van der Waals surface area contributed by atoms with Crippen LogP contribution in [0.2, 0.25) is 0 Å². The summed E-state index contributed by atoms with van der Waals surface area (Å²) in [5.74, 6) is -0.00239. The maximum Gasteiger partial charge on any atom is 0.238 e. The number of nitrogens with one attached hydrogen (secondary N) is 1. The van der Waals surface area contributed by atoms with Crippen molar-refractivity contribution in [3.8, 4) is 0 Å². The number of hydrogen-bond donors (Lipinski definition) is 1. The predicted octanol–water partition coefficient (Wildman–Crippen LogP) is 4.23. The Morgan fingerprint density at radius 2 is 1.97 bits per heavy atom. The van der Waals surface area contributed by atoms with Crippen LogP contribution < -0.4 is 5.32 Å². The van der Waals surface area contributed by atoms with Gasteiger partial charge in [0.25, 0.3) is 0 Å². The van der Waals surface area contributed by atoms with Crippen molar-refractivity contribution >= 4 is 27.5 Å². The number of hydrogen-bond acceptors (Lipinski definition) is 4. The van der Waals surface area contributed by atoms with Crippen LogP contribution >= 0.6 is 15.9 Å². The first-order valence-corrected chi connectivity index (χ1v) is 11.0. The van der Waals surface area contributed by atoms with E-state index in [2.05, 4.69) is 38.3 Å². The first-order valence-electron chi connectivity index (χ1n) is 10.2. The van der Waals surface area contributed by atoms with Gasteiger partial charge in [0.05, 0.1) is 24.9 Å². The number of likely N-dealkylation sites (tertiary alicyclic amines) is 1. The second kappa shape index (κ2) is 9.39. The molecular formula is C23H27BrN2O3. The Bertz CT molecular complexity index is 807. The van der Waals surface area contributed by atoms with Gasteiger partial charge in [-0.3, -0.25) is 9.69 Å². The van der Waals surface area contributed by atoms with E-state index in [1.807, 2.05) is 42.5 Å². The molecule has 29 heavy (non-hydrogen) atoms. The Hall–Kier alpha value is -1.73. The number of anilines is 1. The summed E-state index contributed by atoms with van der Waals surface area (Å²) in [6.07, 6.45) is 2.98. The minimum atomic E-state index is -0.201. The highest BCUT2D eigenvalue weighted by molar-refractivity contribution is 9.10. The van der Waals surface area contributed by atoms with E-state index in [4.69, 9.17) is 9.47 Å². The zero-order valence-corrected chi connectivity index (χ0v) is 18.1. The molecule has 1 amide bonds. The molecule has 2 saturated heterocycles. The van der Waals surface area contributed by atoms with Gasteiger partial charge < -0.3 is 14.8 Å². The standard InChI is InChI=1S/C23H27BrN2O3/c24-19-7-9-20(10-8-19)25-22(27)16-26-13-12-23(11-4-14-29-23)21(15-26)28-17-18-5-2-1-3-6-18/h1-3,5-10,21H,4,11-17H2,(H,25,27)/t21-,23+/m1/s1. The van der Waals surface area contributed by atoms with Gasteiger partial charge in [-0.25, -0.2) is 0 Å². The third-order valence-electron chi connectivity index (χ3n) is 5.79. The number of carbonyl (C=O) groups excluding carboxylic acids is 1. The fourth-order valence-electron chi connectivity index (χ4n) is 4.23. The zero-order chi connectivity index (χ0) is 20.1. The number of nitrogens with zero attached hydrogens (tertiary/aromatic N) is 1. The van der Waals surface area contributed by atoms with Crippen LogP contribution in [-0.4, -0.2) is 48.8 Å². The van der Waals surface area contributed by atoms with Crippen molar-refractivity contribution in [3.63, 3.8) is 0 Å². The lowest BCUT2D eigenvalue weighted by Gasteiger charge is -2.44. The zero-order valence-electron chi connectivity index (χ0n) is 16.5. The molecule has 0 aromatic heterocycles. The van der Waals surface area contributed by atoms with Crippen molar-refractivity contribution in [1.82, 2.24) is 4.90 Å². The van der Waals surface area contributed by atoms with Gasteiger partial charge in [-0.15, -0.1) is 0 Å². The van der Waals surface area contributed by atoms with Gasteiger partial charge in [-0.05, 0) is 49.1 Å². The van der Waals surface area contributed by atoms with E-state index in [1.54, 1.807) is 0 Å². The van der Waals surface area contributed by atoms with Crippen molar-refractivity contribution in [2.24, 2.45) is 0 Å². The van der Waals surface area contributed by atoms with Crippen LogP contribution in [0.1, 0.15) is 24.8 Å². The Morgan fingerprint density at radius 1 is 1.17 bits per heavy atom. The Labute approximate surface area is 180 Å². The van der Waals surface area contributed by atoms with E-state index in [1.165, 1.54) is 0 Å². The molecule has 2 heterocycles. The average molecular weight is 459 g/mol. The van der Waals surface area contributed by atoms with Crippen LogP contribution in [0.15, 0.2) is 59.1 Å². The van der Waals surface area contributed by atoms with Gasteiger partial charge in [0.15, 0.2) is 0 Å². The summed E-state index contributed by atoms with van der Waals surface area (Å²) in [6, 6.07) is 17.9. The van der Waals surface area contributed by atoms with E-state index in [-0.39, 0.29) is 17.6 Å². The molecule has 0 saturated carbocycles. The molecule has 0 bridgehead atoms. The molecule has 0 unspecified atom stereocenters. The highest BCUT2D eigenvalue weighted by atomic mass is 79.9. The van der Waals surface area contributed by atoms with Crippen LogP contribution in [0.3, 0.4) is 0 Å². The molecule has 2 aliphatic rings. The van der Waals surface area contributed by atoms with Gasteiger partial charge in [-0.2, -0.15) is 0 Å². The summed E-state index contributed by atoms with van der Waals surface area (Å²) in [4.78, 5) is 14.7. The van der Waals surface area contributed by atoms with Crippen molar-refractivity contribution in [3.05, 3.63) is 64.6 Å². The van der Waals surface area contributed by atoms with Gasteiger partial charge in [-0.1, -0.05) is 46.3 Å². The average Bonchev–Trinajstić information content (AvgIpc) is 3.20. The molecule has 1 N–H and O–H groups in total. The highest BCUT2D eigenvalue weighted by Gasteiger charge is 2.47. The van der Waals surface area contributed by atoms with Crippen molar-refractivity contribution < 1.29 is 14.3 Å². The molecule has 4 rings (SSSR count). The van der Waals surface area contributed by atoms with Gasteiger partial charge in [0, 0.05) is 29.9 Å². The topological polar surface area (TPSA) is 50.8 Å². The van der Waals surface area contributed by atoms with Crippen LogP contribution in [0.4, 0.5) is 5.69 Å². The molecule has 6 heteroatoms. The van der Waals surface area contributed by atoms with Crippen molar-refractivity contribution in [1.29, 1.82) is 0 Å². The lowest BCUT2D eigenvalue weighted by molar-refractivity contribution is -0.159. The highest BCUT2D eigenvalue weighted by Crippen LogP contribution is 2.38. The summed E-state index contributed by atoms with van der Waals surface area (Å²) in [5.41, 5.74) is 1.77. The SMILES string of the molecule is O=C(CN1CC[C@@]2(CCCO2)[C@H](OCc2ccccc2)C1)Nc1ccc(Br)cc1. The first-order chi connectivity index (χ1) is 14.1. The molecule has 1 spiro atoms. The minimum absolute atomic E-state index is 0.00239. The van der Waals surface area contributed by atoms with Crippen molar-refractivity contribution in [2.75, 3.05) is 31.6 Å². The molecular weight excluding hydrogens is 432 g/mol. The smallest absolute Gasteiger partial charge is 0.238 e. The molecule has 0 radical (unpaired) electrons. The molecule has 2 fully saturated rings. The molecule has 0 aliphatic carbocycles. The molecule has 2 aliphatic heterocycles. The summed E-state index contributed by atoms with van der Waals surface area (Å²) in [6.45, 7) is 3.28. The van der Waals surface area contributed by atoms with Crippen LogP contribution in [0.5, 0.6) is 0 Å². The molecule has 2 atom stereocenters. The first kappa shape index (κ1) is 20.5. The number of benzene rings is 2. The van der Waals surface area contributed by atoms with E-state index in [0.29, 0.717) is 19.7 Å². The summed E-state index contributed by atoms with van der Waals surface area (Å²) in [7, 11) is 0. The number of carbonyl (C=O) groups is 1. The van der Waals surface area contributed by atoms with Gasteiger partial charge in [0.1, 0.15) is 0 Å². The maximum absolute atomic E-state index is 12.5. The second-order valence-electron chi connectivity index (χ2n) is 7.84. The van der Waals surface area contributed by atoms with Crippen LogP contribution in [0.25, 0.3) is 0 Å². The largest absolute Gasteiger partial charge is 0.372 e. The number of piperidine rings is 1. The second-order valence-corrected chi connectivity index (χ2v) is 8.76. The van der Waals surface area contributed by atoms with Crippen molar-refractivity contribution in [2.45, 2.75) is 37.6 Å². The summed E-state index contributed by atoms with van der Waals surface area (Å²) >= 11 is 3.41. The lowest BCUT2D eigenvalue weighted by atomic mass is 9.85. The maximum atomic E-state index is 12.5. The van der Waals surface area contributed by atoms with Crippen LogP contribution in [0, 0.1) is 0 Å². The number of amides is 1. The third-order valence-corrected chi connectivity index (χ3v) is 6.31. The number of halogens is 1. The van der Waals surface area contributed by atoms with Gasteiger partial charge in [0.2, 0.25) is 5.91 Å². The summed E-state index contributed by atoms with van der Waals surface area (Å²) in [5, 5.41) is 2.98. The van der Waals surface area contributed by atoms with E-state index >= 15 is 0 Å². The Kier molecular flexibility index (Phi) is 6.65. The van der Waals surface area contributed by atoms with E-state index < -0.39 is 0 Å². The third kappa shape index (κ3) is 5.25. The fraction of sp³-hybridized carbons (Fsp3) is 0.435. The van der Waals surface area contributed by atoms with Gasteiger partial charge >= 0.3 is 0 Å². The number of rotatable bonds is 6. The monoisotopic (exact) mass is 458 g/mol. The van der Waals surface area contributed by atoms with E-state index in [9.17, 15) is 4.79 Å². The lowest BCUT2D eigenvalue weighted by Crippen LogP contribution is -2.57. The minimum Gasteiger partial charge on any atom is -0.372 e.